The molecule has 1 saturated heterocycles. The molecular weight excluding hydrogens is 394 g/mol. The van der Waals surface area contributed by atoms with Crippen LogP contribution in [0.4, 0.5) is 11.5 Å². The molecule has 0 spiro atoms. The number of pyridine rings is 1. The van der Waals surface area contributed by atoms with Crippen molar-refractivity contribution < 1.29 is 19.0 Å². The van der Waals surface area contributed by atoms with Crippen LogP contribution in [0.3, 0.4) is 0 Å². The number of anilines is 2. The number of hydrogen-bond acceptors (Lipinski definition) is 6. The molecule has 7 nitrogen and oxygen atoms in total. The Labute approximate surface area is 180 Å². The Morgan fingerprint density at radius 1 is 1.03 bits per heavy atom. The lowest BCUT2D eigenvalue weighted by molar-refractivity contribution is -0.116. The molecule has 1 aromatic heterocycles. The van der Waals surface area contributed by atoms with Gasteiger partial charge in [0.05, 0.1) is 33.0 Å². The van der Waals surface area contributed by atoms with Crippen LogP contribution in [0.1, 0.15) is 23.5 Å². The Bertz CT molecular complexity index is 1140. The maximum absolute atomic E-state index is 12.7. The molecule has 1 fully saturated rings. The molecule has 31 heavy (non-hydrogen) atoms. The second-order valence-corrected chi connectivity index (χ2v) is 7.79. The molecule has 1 N–H and O–H groups in total. The molecule has 0 bridgehead atoms. The number of benzene rings is 2. The number of aromatic nitrogens is 1. The number of methoxy groups -OCH3 is 2. The molecule has 0 aliphatic carbocycles. The predicted octanol–water partition coefficient (Wildman–Crippen LogP) is 3.56. The van der Waals surface area contributed by atoms with Gasteiger partial charge in [-0.3, -0.25) is 4.79 Å². The minimum atomic E-state index is -0.140. The summed E-state index contributed by atoms with van der Waals surface area (Å²) in [6, 6.07) is 14.1. The van der Waals surface area contributed by atoms with Crippen molar-refractivity contribution in [3.63, 3.8) is 0 Å². The Kier molecular flexibility index (Phi) is 5.11. The minimum absolute atomic E-state index is 0.0224. The van der Waals surface area contributed by atoms with Gasteiger partial charge in [-0.15, -0.1) is 0 Å². The van der Waals surface area contributed by atoms with Crippen LogP contribution >= 0.6 is 0 Å². The van der Waals surface area contributed by atoms with Crippen molar-refractivity contribution in [2.75, 3.05) is 50.7 Å². The van der Waals surface area contributed by atoms with E-state index in [1.54, 1.807) is 14.2 Å². The van der Waals surface area contributed by atoms with E-state index in [-0.39, 0.29) is 11.8 Å². The van der Waals surface area contributed by atoms with Crippen LogP contribution in [0.15, 0.2) is 42.5 Å². The molecule has 1 unspecified atom stereocenters. The summed E-state index contributed by atoms with van der Waals surface area (Å²) in [6.45, 7) is 2.88. The van der Waals surface area contributed by atoms with Crippen LogP contribution in [-0.2, 0) is 9.53 Å². The zero-order valence-electron chi connectivity index (χ0n) is 17.7. The molecule has 160 valence electrons. The van der Waals surface area contributed by atoms with Gasteiger partial charge < -0.3 is 24.4 Å². The molecule has 3 heterocycles. The fraction of sp³-hybridized carbons (Fsp3) is 0.333. The van der Waals surface area contributed by atoms with Crippen molar-refractivity contribution >= 4 is 28.3 Å². The fourth-order valence-corrected chi connectivity index (χ4v) is 4.47. The lowest BCUT2D eigenvalue weighted by atomic mass is 9.84. The second kappa shape index (κ2) is 8.07. The molecule has 1 atom stereocenters. The van der Waals surface area contributed by atoms with Gasteiger partial charge in [0.1, 0.15) is 5.82 Å². The average Bonchev–Trinajstić information content (AvgIpc) is 2.82. The topological polar surface area (TPSA) is 72.9 Å². The highest BCUT2D eigenvalue weighted by atomic mass is 16.5. The van der Waals surface area contributed by atoms with E-state index in [1.165, 1.54) is 0 Å². The maximum atomic E-state index is 12.7. The number of carbonyl (C=O) groups excluding carboxylic acids is 1. The molecule has 2 aliphatic rings. The number of nitrogens with one attached hydrogen (secondary N) is 1. The zero-order chi connectivity index (χ0) is 21.4. The van der Waals surface area contributed by atoms with Gasteiger partial charge in [0.15, 0.2) is 11.5 Å². The number of rotatable bonds is 4. The van der Waals surface area contributed by atoms with Crippen LogP contribution in [-0.4, -0.2) is 51.4 Å². The van der Waals surface area contributed by atoms with Gasteiger partial charge in [0.25, 0.3) is 0 Å². The van der Waals surface area contributed by atoms with E-state index >= 15 is 0 Å². The van der Waals surface area contributed by atoms with Crippen molar-refractivity contribution in [1.29, 1.82) is 0 Å². The van der Waals surface area contributed by atoms with E-state index in [0.717, 1.165) is 46.6 Å². The van der Waals surface area contributed by atoms with Gasteiger partial charge in [-0.1, -0.05) is 18.2 Å². The van der Waals surface area contributed by atoms with Crippen LogP contribution < -0.4 is 19.7 Å². The van der Waals surface area contributed by atoms with Crippen LogP contribution in [0.5, 0.6) is 11.5 Å². The highest BCUT2D eigenvalue weighted by molar-refractivity contribution is 5.96. The standard InChI is InChI=1S/C24H25N3O4/c1-29-21-12-17-16(13-23(28)25-20(17)14-22(21)30-2)18-11-15-5-3-4-6-19(15)26-24(18)27-7-9-31-10-8-27/h3-6,11-12,14,16H,7-10,13H2,1-2H3,(H,25,28). The molecule has 7 heteroatoms. The van der Waals surface area contributed by atoms with Crippen LogP contribution in [0.25, 0.3) is 10.9 Å². The molecule has 1 amide bonds. The highest BCUT2D eigenvalue weighted by Gasteiger charge is 2.32. The molecule has 2 aliphatic heterocycles. The van der Waals surface area contributed by atoms with Gasteiger partial charge in [-0.05, 0) is 23.8 Å². The van der Waals surface area contributed by atoms with Crippen LogP contribution in [0.2, 0.25) is 0 Å². The molecular formula is C24H25N3O4. The molecule has 2 aromatic carbocycles. The summed E-state index contributed by atoms with van der Waals surface area (Å²) in [5.74, 6) is 1.99. The molecule has 3 aromatic rings. The third kappa shape index (κ3) is 3.55. The first-order chi connectivity index (χ1) is 15.2. The smallest absolute Gasteiger partial charge is 0.225 e. The third-order valence-electron chi connectivity index (χ3n) is 6.01. The van der Waals surface area contributed by atoms with Crippen molar-refractivity contribution in [3.8, 4) is 11.5 Å². The van der Waals surface area contributed by atoms with E-state index in [1.807, 2.05) is 30.3 Å². The maximum Gasteiger partial charge on any atom is 0.225 e. The number of para-hydroxylation sites is 1. The number of amides is 1. The average molecular weight is 419 g/mol. The van der Waals surface area contributed by atoms with Gasteiger partial charge in [0.2, 0.25) is 5.91 Å². The monoisotopic (exact) mass is 419 g/mol. The second-order valence-electron chi connectivity index (χ2n) is 7.79. The van der Waals surface area contributed by atoms with Crippen molar-refractivity contribution in [2.45, 2.75) is 12.3 Å². The molecule has 0 radical (unpaired) electrons. The van der Waals surface area contributed by atoms with E-state index in [9.17, 15) is 4.79 Å². The van der Waals surface area contributed by atoms with Crippen LogP contribution in [0, 0.1) is 0 Å². The lowest BCUT2D eigenvalue weighted by Gasteiger charge is -2.33. The SMILES string of the molecule is COc1cc2c(cc1OC)C(c1cc3ccccc3nc1N1CCOCC1)CC(=O)N2. The first-order valence-corrected chi connectivity index (χ1v) is 10.5. The number of ether oxygens (including phenoxy) is 3. The Hall–Kier alpha value is -3.32. The zero-order valence-corrected chi connectivity index (χ0v) is 17.7. The van der Waals surface area contributed by atoms with E-state index < -0.39 is 0 Å². The van der Waals surface area contributed by atoms with Gasteiger partial charge in [-0.2, -0.15) is 0 Å². The lowest BCUT2D eigenvalue weighted by Crippen LogP contribution is -2.38. The largest absolute Gasteiger partial charge is 0.493 e. The summed E-state index contributed by atoms with van der Waals surface area (Å²) in [7, 11) is 3.22. The highest BCUT2D eigenvalue weighted by Crippen LogP contribution is 2.45. The number of carbonyl (C=O) groups is 1. The minimum Gasteiger partial charge on any atom is -0.493 e. The Balaban J connectivity index is 1.71. The van der Waals surface area contributed by atoms with E-state index in [0.29, 0.717) is 31.1 Å². The van der Waals surface area contributed by atoms with E-state index in [4.69, 9.17) is 19.2 Å². The quantitative estimate of drug-likeness (QED) is 0.697. The van der Waals surface area contributed by atoms with Gasteiger partial charge in [-0.25, -0.2) is 4.98 Å². The number of fused-ring (bicyclic) bond motifs is 2. The summed E-state index contributed by atoms with van der Waals surface area (Å²) in [4.78, 5) is 20.0. The summed E-state index contributed by atoms with van der Waals surface area (Å²) < 4.78 is 16.6. The van der Waals surface area contributed by atoms with E-state index in [2.05, 4.69) is 22.3 Å². The molecule has 0 saturated carbocycles. The molecule has 5 rings (SSSR count). The summed E-state index contributed by atoms with van der Waals surface area (Å²) in [6.07, 6.45) is 0.347. The third-order valence-corrected chi connectivity index (χ3v) is 6.01. The van der Waals surface area contributed by atoms with Crippen molar-refractivity contribution in [2.24, 2.45) is 0 Å². The Morgan fingerprint density at radius 3 is 2.55 bits per heavy atom. The summed E-state index contributed by atoms with van der Waals surface area (Å²) in [5.41, 5.74) is 3.74. The van der Waals surface area contributed by atoms with Crippen molar-refractivity contribution in [1.82, 2.24) is 4.98 Å². The number of morpholine rings is 1. The number of hydrogen-bond donors (Lipinski definition) is 1. The Morgan fingerprint density at radius 2 is 1.77 bits per heavy atom. The summed E-state index contributed by atoms with van der Waals surface area (Å²) in [5, 5.41) is 4.05. The van der Waals surface area contributed by atoms with Gasteiger partial charge in [0, 0.05) is 48.1 Å². The first-order valence-electron chi connectivity index (χ1n) is 10.5. The fourth-order valence-electron chi connectivity index (χ4n) is 4.47. The summed E-state index contributed by atoms with van der Waals surface area (Å²) >= 11 is 0. The number of nitrogens with zero attached hydrogens (tertiary/aromatic N) is 2. The normalized spacial score (nSPS) is 18.5. The predicted molar refractivity (Wildman–Crippen MR) is 119 cm³/mol. The van der Waals surface area contributed by atoms with Gasteiger partial charge >= 0.3 is 0 Å². The van der Waals surface area contributed by atoms with Crippen molar-refractivity contribution in [3.05, 3.63) is 53.6 Å². The first kappa shape index (κ1) is 19.6.